The van der Waals surface area contributed by atoms with Crippen molar-refractivity contribution < 1.29 is 33.4 Å². The molecule has 0 unspecified atom stereocenters. The summed E-state index contributed by atoms with van der Waals surface area (Å²) < 4.78 is 14.1. The van der Waals surface area contributed by atoms with Crippen LogP contribution in [0.4, 0.5) is 5.69 Å². The van der Waals surface area contributed by atoms with Crippen LogP contribution >= 0.6 is 11.6 Å². The van der Waals surface area contributed by atoms with Crippen molar-refractivity contribution in [3.8, 4) is 0 Å². The van der Waals surface area contributed by atoms with E-state index in [-0.39, 0.29) is 27.5 Å². The molecule has 1 heterocycles. The van der Waals surface area contributed by atoms with Gasteiger partial charge in [0, 0.05) is 11.9 Å². The molecule has 0 bridgehead atoms. The second kappa shape index (κ2) is 9.47. The maximum absolute atomic E-state index is 12.1. The summed E-state index contributed by atoms with van der Waals surface area (Å²) in [6, 6.07) is 6.56. The van der Waals surface area contributed by atoms with Crippen molar-refractivity contribution in [2.75, 3.05) is 26.1 Å². The first kappa shape index (κ1) is 20.8. The zero-order valence-electron chi connectivity index (χ0n) is 14.9. The Bertz CT molecular complexity index is 896. The van der Waals surface area contributed by atoms with E-state index in [2.05, 4.69) is 19.8 Å². The molecule has 2 rings (SSSR count). The molecule has 2 aromatic rings. The van der Waals surface area contributed by atoms with Crippen molar-refractivity contribution in [1.82, 2.24) is 4.98 Å². The van der Waals surface area contributed by atoms with E-state index in [9.17, 15) is 19.2 Å². The van der Waals surface area contributed by atoms with Crippen LogP contribution in [-0.2, 0) is 19.0 Å². The second-order valence-corrected chi connectivity index (χ2v) is 5.66. The zero-order valence-corrected chi connectivity index (χ0v) is 15.6. The summed E-state index contributed by atoms with van der Waals surface area (Å²) in [6.45, 7) is -0.602. The van der Waals surface area contributed by atoms with Crippen molar-refractivity contribution in [1.29, 1.82) is 0 Å². The molecule has 0 radical (unpaired) electrons. The highest BCUT2D eigenvalue weighted by atomic mass is 35.5. The Kier molecular flexibility index (Phi) is 7.05. The van der Waals surface area contributed by atoms with Gasteiger partial charge in [-0.1, -0.05) is 11.6 Å². The Balaban J connectivity index is 2.09. The summed E-state index contributed by atoms with van der Waals surface area (Å²) in [6.07, 6.45) is 1.33. The molecule has 1 N–H and O–H groups in total. The minimum Gasteiger partial charge on any atom is -0.465 e. The number of anilines is 1. The van der Waals surface area contributed by atoms with Crippen LogP contribution in [0.2, 0.25) is 5.15 Å². The quantitative estimate of drug-likeness (QED) is 0.440. The van der Waals surface area contributed by atoms with E-state index in [0.29, 0.717) is 0 Å². The maximum Gasteiger partial charge on any atom is 0.338 e. The number of rotatable bonds is 6. The molecule has 0 aliphatic rings. The fraction of sp³-hybridized carbons (Fsp3) is 0.167. The van der Waals surface area contributed by atoms with Crippen molar-refractivity contribution in [3.05, 3.63) is 58.4 Å². The molecular weight excluding hydrogens is 392 g/mol. The molecule has 1 amide bonds. The van der Waals surface area contributed by atoms with Gasteiger partial charge < -0.3 is 19.5 Å². The predicted molar refractivity (Wildman–Crippen MR) is 97.3 cm³/mol. The molecule has 0 spiro atoms. The molecule has 0 aliphatic carbocycles. The highest BCUT2D eigenvalue weighted by Gasteiger charge is 2.16. The number of ether oxygens (including phenoxy) is 3. The molecule has 1 aromatic carbocycles. The zero-order chi connectivity index (χ0) is 20.7. The molecule has 28 heavy (non-hydrogen) atoms. The Morgan fingerprint density at radius 2 is 1.54 bits per heavy atom. The van der Waals surface area contributed by atoms with Crippen molar-refractivity contribution in [2.24, 2.45) is 0 Å². The number of hydrogen-bond donors (Lipinski definition) is 1. The molecule has 9 nitrogen and oxygen atoms in total. The van der Waals surface area contributed by atoms with Gasteiger partial charge in [0.1, 0.15) is 5.15 Å². The van der Waals surface area contributed by atoms with Gasteiger partial charge in [0.2, 0.25) is 0 Å². The molecule has 0 saturated heterocycles. The first-order valence-corrected chi connectivity index (χ1v) is 8.12. The number of carbonyl (C=O) groups excluding carboxylic acids is 4. The lowest BCUT2D eigenvalue weighted by Crippen LogP contribution is -2.21. The van der Waals surface area contributed by atoms with E-state index in [1.807, 2.05) is 0 Å². The number of benzene rings is 1. The molecular formula is C18H15ClN2O7. The fourth-order valence-corrected chi connectivity index (χ4v) is 2.29. The molecule has 0 saturated carbocycles. The standard InChI is InChI=1S/C18H15ClN2O7/c1-26-16(23)11-5-12(17(24)27-2)7-13(6-11)21-15(22)9-28-18(25)10-3-4-20-14(19)8-10/h3-8H,9H2,1-2H3,(H,21,22). The monoisotopic (exact) mass is 406 g/mol. The number of aromatic nitrogens is 1. The van der Waals surface area contributed by atoms with E-state index in [4.69, 9.17) is 16.3 Å². The van der Waals surface area contributed by atoms with Gasteiger partial charge in [-0.05, 0) is 30.3 Å². The summed E-state index contributed by atoms with van der Waals surface area (Å²) in [5.74, 6) is -2.87. The number of pyridine rings is 1. The van der Waals surface area contributed by atoms with Gasteiger partial charge in [0.05, 0.1) is 30.9 Å². The second-order valence-electron chi connectivity index (χ2n) is 5.27. The minimum absolute atomic E-state index is 0.0316. The van der Waals surface area contributed by atoms with E-state index >= 15 is 0 Å². The van der Waals surface area contributed by atoms with Crippen LogP contribution in [0.15, 0.2) is 36.5 Å². The third-order valence-corrected chi connectivity index (χ3v) is 3.56. The van der Waals surface area contributed by atoms with Crippen LogP contribution in [-0.4, -0.2) is 49.6 Å². The highest BCUT2D eigenvalue weighted by Crippen LogP contribution is 2.17. The molecule has 1 aromatic heterocycles. The molecule has 146 valence electrons. The van der Waals surface area contributed by atoms with Crippen LogP contribution in [0.25, 0.3) is 0 Å². The minimum atomic E-state index is -0.766. The first-order chi connectivity index (χ1) is 13.3. The number of nitrogens with zero attached hydrogens (tertiary/aromatic N) is 1. The van der Waals surface area contributed by atoms with Gasteiger partial charge in [-0.2, -0.15) is 0 Å². The molecule has 10 heteroatoms. The lowest BCUT2D eigenvalue weighted by molar-refractivity contribution is -0.119. The summed E-state index contributed by atoms with van der Waals surface area (Å²) in [5.41, 5.74) is 0.318. The summed E-state index contributed by atoms with van der Waals surface area (Å²) in [5, 5.41) is 2.53. The van der Waals surface area contributed by atoms with Crippen LogP contribution in [0.3, 0.4) is 0 Å². The van der Waals surface area contributed by atoms with Crippen molar-refractivity contribution in [3.63, 3.8) is 0 Å². The van der Waals surface area contributed by atoms with E-state index in [1.54, 1.807) is 0 Å². The summed E-state index contributed by atoms with van der Waals surface area (Å²) in [4.78, 5) is 51.2. The Morgan fingerprint density at radius 3 is 2.07 bits per heavy atom. The van der Waals surface area contributed by atoms with Crippen molar-refractivity contribution >= 4 is 41.1 Å². The lowest BCUT2D eigenvalue weighted by Gasteiger charge is -2.10. The van der Waals surface area contributed by atoms with Gasteiger partial charge in [-0.25, -0.2) is 19.4 Å². The van der Waals surface area contributed by atoms with Crippen LogP contribution in [0.5, 0.6) is 0 Å². The number of halogens is 1. The number of hydrogen-bond acceptors (Lipinski definition) is 8. The Morgan fingerprint density at radius 1 is 0.929 bits per heavy atom. The van der Waals surface area contributed by atoms with Crippen molar-refractivity contribution in [2.45, 2.75) is 0 Å². The normalized spacial score (nSPS) is 9.96. The van der Waals surface area contributed by atoms with Gasteiger partial charge in [0.15, 0.2) is 6.61 Å². The lowest BCUT2D eigenvalue weighted by atomic mass is 10.1. The molecule has 0 fully saturated rings. The summed E-state index contributed by atoms with van der Waals surface area (Å²) in [7, 11) is 2.35. The Labute approximate surface area is 164 Å². The molecule has 0 atom stereocenters. The number of nitrogens with one attached hydrogen (secondary N) is 1. The van der Waals surface area contributed by atoms with Gasteiger partial charge >= 0.3 is 17.9 Å². The largest absolute Gasteiger partial charge is 0.465 e. The number of esters is 3. The fourth-order valence-electron chi connectivity index (χ4n) is 2.11. The number of methoxy groups -OCH3 is 2. The predicted octanol–water partition coefficient (Wildman–Crippen LogP) is 2.10. The highest BCUT2D eigenvalue weighted by molar-refractivity contribution is 6.29. The first-order valence-electron chi connectivity index (χ1n) is 7.74. The number of amides is 1. The van der Waals surface area contributed by atoms with E-state index in [1.165, 1.54) is 50.7 Å². The van der Waals surface area contributed by atoms with Crippen LogP contribution in [0.1, 0.15) is 31.1 Å². The van der Waals surface area contributed by atoms with E-state index in [0.717, 1.165) is 0 Å². The average Bonchev–Trinajstić information content (AvgIpc) is 2.70. The SMILES string of the molecule is COC(=O)c1cc(NC(=O)COC(=O)c2ccnc(Cl)c2)cc(C(=O)OC)c1. The topological polar surface area (TPSA) is 121 Å². The van der Waals surface area contributed by atoms with Gasteiger partial charge in [-0.15, -0.1) is 0 Å². The van der Waals surface area contributed by atoms with E-state index < -0.39 is 30.4 Å². The third-order valence-electron chi connectivity index (χ3n) is 3.36. The molecule has 0 aliphatic heterocycles. The van der Waals surface area contributed by atoms with Gasteiger partial charge in [0.25, 0.3) is 5.91 Å². The smallest absolute Gasteiger partial charge is 0.338 e. The summed E-state index contributed by atoms with van der Waals surface area (Å²) >= 11 is 5.69. The maximum atomic E-state index is 12.1. The Hall–Kier alpha value is -3.46. The van der Waals surface area contributed by atoms with Crippen LogP contribution < -0.4 is 5.32 Å². The third kappa shape index (κ3) is 5.52. The average molecular weight is 407 g/mol. The van der Waals surface area contributed by atoms with Gasteiger partial charge in [-0.3, -0.25) is 4.79 Å². The van der Waals surface area contributed by atoms with Crippen LogP contribution in [0, 0.1) is 0 Å². The number of carbonyl (C=O) groups is 4.